The molecule has 1 aromatic carbocycles. The van der Waals surface area contributed by atoms with Gasteiger partial charge in [-0.1, -0.05) is 6.07 Å². The molecular weight excluding hydrogens is 220 g/mol. The molecule has 0 aliphatic carbocycles. The van der Waals surface area contributed by atoms with Gasteiger partial charge < -0.3 is 4.98 Å². The minimum Gasteiger partial charge on any atom is -0.313 e. The molecule has 1 N–H and O–H groups in total. The van der Waals surface area contributed by atoms with Gasteiger partial charge in [0.1, 0.15) is 0 Å². The van der Waals surface area contributed by atoms with Crippen LogP contribution in [0.3, 0.4) is 0 Å². The van der Waals surface area contributed by atoms with E-state index in [2.05, 4.69) is 25.9 Å². The second-order valence-electron chi connectivity index (χ2n) is 2.37. The third-order valence-corrected chi connectivity index (χ3v) is 2.26. The average Bonchev–Trinajstić information content (AvgIpc) is 2.07. The lowest BCUT2D eigenvalue weighted by atomic mass is 10.2. The number of halogens is 1. The number of fused-ring (bicyclic) bond motifs is 1. The fourth-order valence-electron chi connectivity index (χ4n) is 1.06. The van der Waals surface area contributed by atoms with E-state index in [0.717, 1.165) is 4.47 Å². The molecule has 0 unspecified atom stereocenters. The Labute approximate surface area is 76.6 Å². The average molecular weight is 225 g/mol. The van der Waals surface area contributed by atoms with E-state index in [-0.39, 0.29) is 5.56 Å². The van der Waals surface area contributed by atoms with Gasteiger partial charge in [-0.05, 0) is 28.1 Å². The summed E-state index contributed by atoms with van der Waals surface area (Å²) in [5.74, 6) is 0. The maximum atomic E-state index is 11.2. The molecule has 1 aromatic heterocycles. The highest BCUT2D eigenvalue weighted by Crippen LogP contribution is 2.17. The fraction of sp³-hybridized carbons (Fsp3) is 0. The molecule has 0 saturated heterocycles. The second-order valence-corrected chi connectivity index (χ2v) is 3.22. The van der Waals surface area contributed by atoms with Crippen molar-refractivity contribution >= 4 is 26.8 Å². The fourth-order valence-corrected chi connectivity index (χ4v) is 1.53. The van der Waals surface area contributed by atoms with Crippen LogP contribution in [0, 0.1) is 0 Å². The summed E-state index contributed by atoms with van der Waals surface area (Å²) in [7, 11) is 0. The predicted molar refractivity (Wildman–Crippen MR) is 50.1 cm³/mol. The molecule has 0 bridgehead atoms. The zero-order valence-corrected chi connectivity index (χ0v) is 7.63. The van der Waals surface area contributed by atoms with Crippen molar-refractivity contribution in [2.24, 2.45) is 0 Å². The minimum atomic E-state index is -0.110. The molecule has 0 spiro atoms. The van der Waals surface area contributed by atoms with E-state index in [9.17, 15) is 4.79 Å². The molecule has 0 radical (unpaired) electrons. The first-order valence-corrected chi connectivity index (χ1v) is 4.20. The molecule has 0 fully saturated rings. The maximum absolute atomic E-state index is 11.2. The number of H-pyrrole nitrogens is 1. The van der Waals surface area contributed by atoms with E-state index in [1.165, 1.54) is 6.33 Å². The van der Waals surface area contributed by atoms with E-state index in [1.54, 1.807) is 6.07 Å². The van der Waals surface area contributed by atoms with Crippen molar-refractivity contribution < 1.29 is 0 Å². The number of hydrogen-bond donors (Lipinski definition) is 1. The Balaban J connectivity index is 3.05. The lowest BCUT2D eigenvalue weighted by Crippen LogP contribution is -2.05. The van der Waals surface area contributed by atoms with Gasteiger partial charge in [0.15, 0.2) is 0 Å². The van der Waals surface area contributed by atoms with Gasteiger partial charge in [0.25, 0.3) is 5.56 Å². The normalized spacial score (nSPS) is 10.4. The highest BCUT2D eigenvalue weighted by molar-refractivity contribution is 9.10. The lowest BCUT2D eigenvalue weighted by Gasteiger charge is -1.95. The van der Waals surface area contributed by atoms with Crippen molar-refractivity contribution in [2.45, 2.75) is 0 Å². The number of aromatic nitrogens is 2. The summed E-state index contributed by atoms with van der Waals surface area (Å²) in [6, 6.07) is 5.41. The largest absolute Gasteiger partial charge is 0.313 e. The van der Waals surface area contributed by atoms with Crippen LogP contribution in [0.25, 0.3) is 10.9 Å². The second kappa shape index (κ2) is 2.71. The number of benzene rings is 1. The van der Waals surface area contributed by atoms with E-state index >= 15 is 0 Å². The Morgan fingerprint density at radius 2 is 2.25 bits per heavy atom. The number of nitrogens with one attached hydrogen (secondary N) is 1. The van der Waals surface area contributed by atoms with Crippen LogP contribution in [-0.2, 0) is 0 Å². The van der Waals surface area contributed by atoms with Crippen LogP contribution in [0.4, 0.5) is 0 Å². The Morgan fingerprint density at radius 1 is 1.42 bits per heavy atom. The third-order valence-electron chi connectivity index (χ3n) is 1.62. The Morgan fingerprint density at radius 3 is 3.00 bits per heavy atom. The van der Waals surface area contributed by atoms with Gasteiger partial charge in [0.05, 0.1) is 17.2 Å². The number of para-hydroxylation sites is 1. The zero-order chi connectivity index (χ0) is 8.55. The summed E-state index contributed by atoms with van der Waals surface area (Å²) in [4.78, 5) is 17.8. The number of nitrogens with zero attached hydrogens (tertiary/aromatic N) is 1. The quantitative estimate of drug-likeness (QED) is 0.741. The molecule has 2 aromatic rings. The van der Waals surface area contributed by atoms with Crippen molar-refractivity contribution in [3.05, 3.63) is 39.4 Å². The van der Waals surface area contributed by atoms with E-state index in [0.29, 0.717) is 10.9 Å². The number of aromatic amines is 1. The molecule has 0 aliphatic heterocycles. The molecule has 2 rings (SSSR count). The van der Waals surface area contributed by atoms with Gasteiger partial charge >= 0.3 is 0 Å². The highest BCUT2D eigenvalue weighted by Gasteiger charge is 2.00. The molecule has 3 nitrogen and oxygen atoms in total. The van der Waals surface area contributed by atoms with Gasteiger partial charge in [-0.3, -0.25) is 4.79 Å². The molecule has 0 atom stereocenters. The number of rotatable bonds is 0. The molecule has 0 aliphatic rings. The molecular formula is C8H5BrN2O. The molecule has 12 heavy (non-hydrogen) atoms. The van der Waals surface area contributed by atoms with Crippen molar-refractivity contribution in [3.8, 4) is 0 Å². The summed E-state index contributed by atoms with van der Waals surface area (Å²) in [6.07, 6.45) is 1.40. The summed E-state index contributed by atoms with van der Waals surface area (Å²) < 4.78 is 0.839. The van der Waals surface area contributed by atoms with Gasteiger partial charge in [-0.15, -0.1) is 0 Å². The Kier molecular flexibility index (Phi) is 1.69. The van der Waals surface area contributed by atoms with Gasteiger partial charge in [-0.2, -0.15) is 0 Å². The van der Waals surface area contributed by atoms with Crippen LogP contribution in [0.15, 0.2) is 33.8 Å². The molecule has 1 heterocycles. The van der Waals surface area contributed by atoms with Crippen molar-refractivity contribution in [1.82, 2.24) is 9.97 Å². The van der Waals surface area contributed by atoms with Gasteiger partial charge in [0, 0.05) is 4.47 Å². The maximum Gasteiger partial charge on any atom is 0.258 e. The first-order chi connectivity index (χ1) is 5.79. The van der Waals surface area contributed by atoms with Crippen LogP contribution in [0.5, 0.6) is 0 Å². The zero-order valence-electron chi connectivity index (χ0n) is 6.04. The first-order valence-electron chi connectivity index (χ1n) is 3.41. The predicted octanol–water partition coefficient (Wildman–Crippen LogP) is 1.69. The van der Waals surface area contributed by atoms with Crippen LogP contribution in [0.1, 0.15) is 0 Å². The Hall–Kier alpha value is -1.16. The highest BCUT2D eigenvalue weighted by atomic mass is 79.9. The monoisotopic (exact) mass is 224 g/mol. The van der Waals surface area contributed by atoms with Crippen LogP contribution in [0.2, 0.25) is 0 Å². The SMILES string of the molecule is O=c1[nH]cnc2c(Br)cccc12. The van der Waals surface area contributed by atoms with Crippen LogP contribution >= 0.6 is 15.9 Å². The molecule has 0 amide bonds. The van der Waals surface area contributed by atoms with Crippen LogP contribution in [-0.4, -0.2) is 9.97 Å². The molecule has 4 heteroatoms. The van der Waals surface area contributed by atoms with E-state index in [1.807, 2.05) is 12.1 Å². The smallest absolute Gasteiger partial charge is 0.258 e. The molecule has 0 saturated carbocycles. The summed E-state index contributed by atoms with van der Waals surface area (Å²) in [5.41, 5.74) is 0.586. The van der Waals surface area contributed by atoms with Crippen molar-refractivity contribution in [3.63, 3.8) is 0 Å². The summed E-state index contributed by atoms with van der Waals surface area (Å²) >= 11 is 3.32. The first kappa shape index (κ1) is 7.49. The topological polar surface area (TPSA) is 45.8 Å². The van der Waals surface area contributed by atoms with Crippen molar-refractivity contribution in [1.29, 1.82) is 0 Å². The van der Waals surface area contributed by atoms with Gasteiger partial charge in [0.2, 0.25) is 0 Å². The summed E-state index contributed by atoms with van der Waals surface area (Å²) in [5, 5.41) is 0.604. The van der Waals surface area contributed by atoms with Gasteiger partial charge in [-0.25, -0.2) is 4.98 Å². The third kappa shape index (κ3) is 1.04. The van der Waals surface area contributed by atoms with Crippen molar-refractivity contribution in [2.75, 3.05) is 0 Å². The standard InChI is InChI=1S/C8H5BrN2O/c9-6-3-1-2-5-7(6)10-4-11-8(5)12/h1-4H,(H,10,11,12). The summed E-state index contributed by atoms with van der Waals surface area (Å²) in [6.45, 7) is 0. The van der Waals surface area contributed by atoms with E-state index < -0.39 is 0 Å². The lowest BCUT2D eigenvalue weighted by molar-refractivity contribution is 1.17. The van der Waals surface area contributed by atoms with E-state index in [4.69, 9.17) is 0 Å². The van der Waals surface area contributed by atoms with Crippen LogP contribution < -0.4 is 5.56 Å². The Bertz CT molecular complexity index is 478. The minimum absolute atomic E-state index is 0.110. The molecule has 60 valence electrons. The number of hydrogen-bond acceptors (Lipinski definition) is 2.